The Balaban J connectivity index is 0.000000383. The van der Waals surface area contributed by atoms with E-state index in [2.05, 4.69) is 4.98 Å². The number of aromatic nitrogens is 1. The van der Waals surface area contributed by atoms with E-state index in [9.17, 15) is 18.0 Å². The van der Waals surface area contributed by atoms with Crippen molar-refractivity contribution >= 4 is 11.9 Å². The molecule has 2 atom stereocenters. The number of nitrogens with zero attached hydrogens (tertiary/aromatic N) is 2. The number of alkyl halides is 3. The smallest absolute Gasteiger partial charge is 0.475 e. The van der Waals surface area contributed by atoms with Crippen molar-refractivity contribution in [3.05, 3.63) is 30.1 Å². The molecular formula is C23H31F3N2O5. The van der Waals surface area contributed by atoms with Crippen LogP contribution in [0.4, 0.5) is 13.2 Å². The number of carbonyl (C=O) groups excluding carboxylic acids is 1. The molecule has 33 heavy (non-hydrogen) atoms. The highest BCUT2D eigenvalue weighted by Gasteiger charge is 2.50. The fraction of sp³-hybridized carbons (Fsp3) is 0.696. The Morgan fingerprint density at radius 2 is 1.82 bits per heavy atom. The van der Waals surface area contributed by atoms with Crippen molar-refractivity contribution in [2.45, 2.75) is 63.8 Å². The third-order valence-corrected chi connectivity index (χ3v) is 6.79. The Bertz CT molecular complexity index is 786. The minimum absolute atomic E-state index is 0.149. The summed E-state index contributed by atoms with van der Waals surface area (Å²) >= 11 is 0. The Hall–Kier alpha value is -2.20. The van der Waals surface area contributed by atoms with Crippen LogP contribution in [-0.4, -0.2) is 65.5 Å². The van der Waals surface area contributed by atoms with Crippen LogP contribution in [0.2, 0.25) is 0 Å². The van der Waals surface area contributed by atoms with E-state index in [0.717, 1.165) is 38.1 Å². The lowest BCUT2D eigenvalue weighted by Crippen LogP contribution is -2.37. The zero-order chi connectivity index (χ0) is 23.9. The summed E-state index contributed by atoms with van der Waals surface area (Å²) in [5.41, 5.74) is 1.30. The number of ether oxygens (including phenoxy) is 2. The van der Waals surface area contributed by atoms with Gasteiger partial charge in [0.25, 0.3) is 0 Å². The highest BCUT2D eigenvalue weighted by molar-refractivity contribution is 5.78. The first kappa shape index (κ1) is 25.4. The molecule has 1 aromatic heterocycles. The summed E-state index contributed by atoms with van der Waals surface area (Å²) in [4.78, 5) is 27.6. The second-order valence-corrected chi connectivity index (χ2v) is 9.09. The molecule has 3 fully saturated rings. The normalized spacial score (nSPS) is 24.9. The van der Waals surface area contributed by atoms with Gasteiger partial charge in [0.05, 0.1) is 19.3 Å². The minimum Gasteiger partial charge on any atom is -0.475 e. The number of hydrogen-bond acceptors (Lipinski definition) is 5. The van der Waals surface area contributed by atoms with Gasteiger partial charge in [0.15, 0.2) is 0 Å². The van der Waals surface area contributed by atoms with Crippen molar-refractivity contribution in [3.8, 4) is 0 Å². The number of aliphatic carboxylic acids is 1. The van der Waals surface area contributed by atoms with E-state index >= 15 is 0 Å². The molecule has 184 valence electrons. The van der Waals surface area contributed by atoms with Gasteiger partial charge in [-0.25, -0.2) is 4.79 Å². The molecule has 1 N–H and O–H groups in total. The van der Waals surface area contributed by atoms with Gasteiger partial charge in [-0.15, -0.1) is 0 Å². The van der Waals surface area contributed by atoms with Gasteiger partial charge >= 0.3 is 12.1 Å². The van der Waals surface area contributed by atoms with Gasteiger partial charge in [-0.3, -0.25) is 9.78 Å². The maximum atomic E-state index is 12.6. The predicted octanol–water partition coefficient (Wildman–Crippen LogP) is 3.82. The first-order chi connectivity index (χ1) is 15.7. The molecular weight excluding hydrogens is 441 g/mol. The monoisotopic (exact) mass is 472 g/mol. The van der Waals surface area contributed by atoms with Crippen molar-refractivity contribution in [1.82, 2.24) is 9.88 Å². The molecule has 0 bridgehead atoms. The fourth-order valence-corrected chi connectivity index (χ4v) is 5.03. The zero-order valence-corrected chi connectivity index (χ0v) is 18.6. The molecule has 0 aromatic carbocycles. The number of hydrogen-bond donors (Lipinski definition) is 1. The lowest BCUT2D eigenvalue weighted by Gasteiger charge is -2.28. The van der Waals surface area contributed by atoms with Crippen molar-refractivity contribution in [1.29, 1.82) is 0 Å². The van der Waals surface area contributed by atoms with Crippen LogP contribution in [0.15, 0.2) is 24.5 Å². The molecule has 0 unspecified atom stereocenters. The van der Waals surface area contributed by atoms with Crippen LogP contribution in [0.1, 0.15) is 50.5 Å². The molecule has 0 radical (unpaired) electrons. The average Bonchev–Trinajstić information content (AvgIpc) is 3.49. The van der Waals surface area contributed by atoms with Crippen LogP contribution in [0, 0.1) is 11.3 Å². The van der Waals surface area contributed by atoms with Crippen LogP contribution in [-0.2, 0) is 25.7 Å². The quantitative estimate of drug-likeness (QED) is 0.649. The molecule has 1 saturated heterocycles. The topological polar surface area (TPSA) is 89.0 Å². The number of amides is 1. The SMILES string of the molecule is O=C(COC1CCCC1)N1C[C@H]2CCC[C@@]2(COCc2ccncc2)C1.O=C(O)C(F)(F)F. The van der Waals surface area contributed by atoms with Gasteiger partial charge < -0.3 is 19.5 Å². The van der Waals surface area contributed by atoms with Crippen LogP contribution < -0.4 is 0 Å². The molecule has 2 saturated carbocycles. The summed E-state index contributed by atoms with van der Waals surface area (Å²) in [6, 6.07) is 3.99. The second-order valence-electron chi connectivity index (χ2n) is 9.09. The van der Waals surface area contributed by atoms with E-state index in [-0.39, 0.29) is 17.9 Å². The fourth-order valence-electron chi connectivity index (χ4n) is 5.03. The predicted molar refractivity (Wildman–Crippen MR) is 112 cm³/mol. The van der Waals surface area contributed by atoms with Crippen LogP contribution in [0.3, 0.4) is 0 Å². The summed E-state index contributed by atoms with van der Waals surface area (Å²) in [6.07, 6.45) is 7.16. The molecule has 1 amide bonds. The van der Waals surface area contributed by atoms with Gasteiger partial charge in [0.1, 0.15) is 6.61 Å². The Morgan fingerprint density at radius 3 is 2.45 bits per heavy atom. The number of carboxylic acids is 1. The molecule has 3 aliphatic rings. The Labute approximate surface area is 191 Å². The van der Waals surface area contributed by atoms with Crippen molar-refractivity contribution in [3.63, 3.8) is 0 Å². The van der Waals surface area contributed by atoms with Crippen LogP contribution >= 0.6 is 0 Å². The standard InChI is InChI=1S/C21H30N2O3.C2HF3O2/c24-20(14-26-19-5-1-2-6-19)23-12-18-4-3-9-21(18,15-23)16-25-13-17-7-10-22-11-8-17;3-2(4,5)1(6)7/h7-8,10-11,18-19H,1-6,9,12-16H2;(H,6,7)/t18-,21+;/m1./s1. The van der Waals surface area contributed by atoms with Gasteiger partial charge in [-0.05, 0) is 49.3 Å². The molecule has 1 aromatic rings. The largest absolute Gasteiger partial charge is 0.490 e. The van der Waals surface area contributed by atoms with E-state index in [4.69, 9.17) is 19.4 Å². The summed E-state index contributed by atoms with van der Waals surface area (Å²) in [7, 11) is 0. The first-order valence-electron chi connectivity index (χ1n) is 11.4. The summed E-state index contributed by atoms with van der Waals surface area (Å²) in [6.45, 7) is 3.33. The minimum atomic E-state index is -5.08. The van der Waals surface area contributed by atoms with E-state index in [0.29, 0.717) is 18.6 Å². The van der Waals surface area contributed by atoms with E-state index in [1.54, 1.807) is 12.4 Å². The molecule has 10 heteroatoms. The number of fused-ring (bicyclic) bond motifs is 1. The van der Waals surface area contributed by atoms with E-state index in [1.807, 2.05) is 17.0 Å². The Morgan fingerprint density at radius 1 is 1.15 bits per heavy atom. The number of carbonyl (C=O) groups is 2. The number of likely N-dealkylation sites (tertiary alicyclic amines) is 1. The van der Waals surface area contributed by atoms with Gasteiger partial charge in [-0.2, -0.15) is 13.2 Å². The van der Waals surface area contributed by atoms with Crippen molar-refractivity contribution in [2.75, 3.05) is 26.3 Å². The molecule has 2 aliphatic carbocycles. The van der Waals surface area contributed by atoms with Crippen molar-refractivity contribution in [2.24, 2.45) is 11.3 Å². The second kappa shape index (κ2) is 11.3. The van der Waals surface area contributed by atoms with Gasteiger partial charge in [0.2, 0.25) is 5.91 Å². The van der Waals surface area contributed by atoms with Crippen LogP contribution in [0.25, 0.3) is 0 Å². The lowest BCUT2D eigenvalue weighted by molar-refractivity contribution is -0.192. The molecule has 4 rings (SSSR count). The Kier molecular flexibility index (Phi) is 8.69. The highest BCUT2D eigenvalue weighted by Crippen LogP contribution is 2.49. The average molecular weight is 473 g/mol. The maximum absolute atomic E-state index is 12.6. The third kappa shape index (κ3) is 7.14. The van der Waals surface area contributed by atoms with Gasteiger partial charge in [0, 0.05) is 30.9 Å². The molecule has 1 aliphatic heterocycles. The number of pyridine rings is 1. The van der Waals surface area contributed by atoms with E-state index in [1.165, 1.54) is 32.1 Å². The lowest BCUT2D eigenvalue weighted by atomic mass is 9.81. The summed E-state index contributed by atoms with van der Waals surface area (Å²) in [5.74, 6) is -2.01. The zero-order valence-electron chi connectivity index (χ0n) is 18.6. The molecule has 7 nitrogen and oxygen atoms in total. The van der Waals surface area contributed by atoms with Crippen molar-refractivity contribution < 1.29 is 37.3 Å². The van der Waals surface area contributed by atoms with E-state index < -0.39 is 12.1 Å². The number of rotatable bonds is 7. The molecule has 0 spiro atoms. The highest BCUT2D eigenvalue weighted by atomic mass is 19.4. The number of halogens is 3. The van der Waals surface area contributed by atoms with Crippen LogP contribution in [0.5, 0.6) is 0 Å². The third-order valence-electron chi connectivity index (χ3n) is 6.79. The number of carboxylic acid groups (broad SMARTS) is 1. The molecule has 2 heterocycles. The van der Waals surface area contributed by atoms with Gasteiger partial charge in [-0.1, -0.05) is 19.3 Å². The first-order valence-corrected chi connectivity index (χ1v) is 11.4. The summed E-state index contributed by atoms with van der Waals surface area (Å²) < 4.78 is 43.7. The summed E-state index contributed by atoms with van der Waals surface area (Å²) in [5, 5.41) is 7.12. The maximum Gasteiger partial charge on any atom is 0.490 e.